The highest BCUT2D eigenvalue weighted by molar-refractivity contribution is 6.28. The van der Waals surface area contributed by atoms with Gasteiger partial charge in [0.1, 0.15) is 0 Å². The van der Waals surface area contributed by atoms with E-state index in [-0.39, 0.29) is 5.28 Å². The van der Waals surface area contributed by atoms with Crippen LogP contribution in [0.15, 0.2) is 6.33 Å². The van der Waals surface area contributed by atoms with Crippen molar-refractivity contribution in [3.63, 3.8) is 0 Å². The van der Waals surface area contributed by atoms with Crippen LogP contribution in [0.4, 0.5) is 5.82 Å². The number of fused-ring (bicyclic) bond motifs is 1. The number of rotatable bonds is 12. The third kappa shape index (κ3) is 6.37. The standard InChI is InChI=1S/C25H41ClN6O/c1-3-5-7-12-21(33-17-6-4-2)19-13-15-31(16-14-19)30-23-22-24(29-25(26)28-23)32(18-27-22)20-10-8-9-11-20/h18-21H,3-17H2,1-2H3,(H,28,29,30). The number of hydrazine groups is 1. The van der Waals surface area contributed by atoms with Gasteiger partial charge in [-0.2, -0.15) is 9.97 Å². The van der Waals surface area contributed by atoms with E-state index in [0.29, 0.717) is 18.1 Å². The molecule has 1 N–H and O–H groups in total. The number of halogens is 1. The lowest BCUT2D eigenvalue weighted by Crippen LogP contribution is -2.41. The van der Waals surface area contributed by atoms with Crippen LogP contribution in [-0.2, 0) is 4.74 Å². The molecular formula is C25H41ClN6O. The molecule has 0 spiro atoms. The molecular weight excluding hydrogens is 436 g/mol. The maximum Gasteiger partial charge on any atom is 0.226 e. The van der Waals surface area contributed by atoms with Gasteiger partial charge in [-0.05, 0) is 56.0 Å². The number of nitrogens with one attached hydrogen (secondary N) is 1. The fourth-order valence-electron chi connectivity index (χ4n) is 5.38. The quantitative estimate of drug-likeness (QED) is 0.282. The molecule has 1 aliphatic carbocycles. The van der Waals surface area contributed by atoms with Crippen molar-refractivity contribution in [1.82, 2.24) is 24.5 Å². The minimum absolute atomic E-state index is 0.278. The van der Waals surface area contributed by atoms with Crippen LogP contribution in [-0.4, -0.2) is 50.3 Å². The summed E-state index contributed by atoms with van der Waals surface area (Å²) in [7, 11) is 0. The molecule has 0 amide bonds. The molecule has 7 nitrogen and oxygen atoms in total. The second-order valence-electron chi connectivity index (χ2n) is 9.80. The summed E-state index contributed by atoms with van der Waals surface area (Å²) in [5.41, 5.74) is 5.17. The molecule has 1 aliphatic heterocycles. The van der Waals surface area contributed by atoms with Crippen molar-refractivity contribution >= 4 is 28.6 Å². The van der Waals surface area contributed by atoms with Crippen LogP contribution < -0.4 is 5.43 Å². The van der Waals surface area contributed by atoms with Gasteiger partial charge in [-0.1, -0.05) is 52.4 Å². The number of hydrogen-bond acceptors (Lipinski definition) is 6. The molecule has 2 aromatic heterocycles. The number of aromatic nitrogens is 4. The molecule has 1 saturated carbocycles. The average Bonchev–Trinajstić information content (AvgIpc) is 3.49. The SMILES string of the molecule is CCCCCC(OCCCC)C1CCN(Nc2nc(Cl)nc3c2ncn3C2CCCC2)CC1. The lowest BCUT2D eigenvalue weighted by Gasteiger charge is -2.36. The van der Waals surface area contributed by atoms with Gasteiger partial charge in [0.15, 0.2) is 17.0 Å². The minimum atomic E-state index is 0.278. The Balaban J connectivity index is 1.38. The second kappa shape index (κ2) is 12.3. The molecule has 0 bridgehead atoms. The number of anilines is 1. The van der Waals surface area contributed by atoms with Crippen LogP contribution in [0.5, 0.6) is 0 Å². The van der Waals surface area contributed by atoms with Crippen LogP contribution >= 0.6 is 11.6 Å². The highest BCUT2D eigenvalue weighted by Crippen LogP contribution is 2.33. The number of nitrogens with zero attached hydrogens (tertiary/aromatic N) is 5. The van der Waals surface area contributed by atoms with Gasteiger partial charge in [0.25, 0.3) is 0 Å². The summed E-state index contributed by atoms with van der Waals surface area (Å²) in [5.74, 6) is 1.35. The van der Waals surface area contributed by atoms with Crippen molar-refractivity contribution in [2.24, 2.45) is 5.92 Å². The van der Waals surface area contributed by atoms with Crippen LogP contribution in [0.2, 0.25) is 5.28 Å². The van der Waals surface area contributed by atoms with E-state index < -0.39 is 0 Å². The molecule has 1 unspecified atom stereocenters. The summed E-state index contributed by atoms with van der Waals surface area (Å²) in [5, 5.41) is 2.54. The molecule has 0 aromatic carbocycles. The summed E-state index contributed by atoms with van der Waals surface area (Å²) in [6.45, 7) is 7.33. The van der Waals surface area contributed by atoms with Gasteiger partial charge >= 0.3 is 0 Å². The van der Waals surface area contributed by atoms with Crippen molar-refractivity contribution in [3.05, 3.63) is 11.6 Å². The zero-order valence-corrected chi connectivity index (χ0v) is 21.2. The first kappa shape index (κ1) is 24.7. The highest BCUT2D eigenvalue weighted by atomic mass is 35.5. The van der Waals surface area contributed by atoms with Gasteiger partial charge in [0.2, 0.25) is 5.28 Å². The summed E-state index contributed by atoms with van der Waals surface area (Å²) in [4.78, 5) is 13.7. The van der Waals surface area contributed by atoms with E-state index >= 15 is 0 Å². The fraction of sp³-hybridized carbons (Fsp3) is 0.800. The van der Waals surface area contributed by atoms with Crippen molar-refractivity contribution in [2.75, 3.05) is 25.1 Å². The van der Waals surface area contributed by atoms with Crippen molar-refractivity contribution in [2.45, 2.75) is 103 Å². The number of unbranched alkanes of at least 4 members (excludes halogenated alkanes) is 3. The maximum atomic E-state index is 6.36. The van der Waals surface area contributed by atoms with Crippen LogP contribution in [0, 0.1) is 5.92 Å². The first-order valence-corrected chi connectivity index (χ1v) is 13.6. The zero-order chi connectivity index (χ0) is 23.0. The lowest BCUT2D eigenvalue weighted by molar-refractivity contribution is -0.0144. The molecule has 0 radical (unpaired) electrons. The largest absolute Gasteiger partial charge is 0.378 e. The van der Waals surface area contributed by atoms with Crippen molar-refractivity contribution in [1.29, 1.82) is 0 Å². The Morgan fingerprint density at radius 2 is 1.82 bits per heavy atom. The summed E-state index contributed by atoms with van der Waals surface area (Å²) in [6.07, 6.45) is 16.8. The average molecular weight is 477 g/mol. The van der Waals surface area contributed by atoms with Crippen molar-refractivity contribution in [3.8, 4) is 0 Å². The van der Waals surface area contributed by atoms with Crippen LogP contribution in [0.1, 0.15) is 96.9 Å². The molecule has 8 heteroatoms. The number of ether oxygens (including phenoxy) is 1. The Morgan fingerprint density at radius 3 is 2.55 bits per heavy atom. The van der Waals surface area contributed by atoms with E-state index in [1.807, 2.05) is 6.33 Å². The Morgan fingerprint density at radius 1 is 1.06 bits per heavy atom. The summed E-state index contributed by atoms with van der Waals surface area (Å²) >= 11 is 6.32. The Kier molecular flexibility index (Phi) is 9.21. The molecule has 3 heterocycles. The maximum absolute atomic E-state index is 6.36. The smallest absolute Gasteiger partial charge is 0.226 e. The normalized spacial score (nSPS) is 19.5. The monoisotopic (exact) mass is 476 g/mol. The Bertz CT molecular complexity index is 850. The van der Waals surface area contributed by atoms with E-state index in [1.54, 1.807) is 0 Å². The molecule has 2 fully saturated rings. The third-order valence-electron chi connectivity index (χ3n) is 7.36. The van der Waals surface area contributed by atoms with E-state index in [4.69, 9.17) is 16.3 Å². The Labute approximate surface area is 203 Å². The van der Waals surface area contributed by atoms with E-state index in [1.165, 1.54) is 57.8 Å². The Hall–Kier alpha value is -1.44. The van der Waals surface area contributed by atoms with Crippen LogP contribution in [0.3, 0.4) is 0 Å². The molecule has 1 atom stereocenters. The topological polar surface area (TPSA) is 68.1 Å². The van der Waals surface area contributed by atoms with Gasteiger partial charge in [0.05, 0.1) is 12.4 Å². The van der Waals surface area contributed by atoms with Gasteiger partial charge in [-0.25, -0.2) is 9.99 Å². The fourth-order valence-corrected chi connectivity index (χ4v) is 5.54. The first-order valence-electron chi connectivity index (χ1n) is 13.2. The lowest BCUT2D eigenvalue weighted by atomic mass is 9.88. The van der Waals surface area contributed by atoms with E-state index in [9.17, 15) is 0 Å². The second-order valence-corrected chi connectivity index (χ2v) is 10.1. The zero-order valence-electron chi connectivity index (χ0n) is 20.4. The summed E-state index contributed by atoms with van der Waals surface area (Å²) < 4.78 is 8.55. The molecule has 184 valence electrons. The van der Waals surface area contributed by atoms with Gasteiger partial charge in [-0.15, -0.1) is 0 Å². The highest BCUT2D eigenvalue weighted by Gasteiger charge is 2.28. The molecule has 1 saturated heterocycles. The van der Waals surface area contributed by atoms with E-state index in [2.05, 4.69) is 43.8 Å². The molecule has 33 heavy (non-hydrogen) atoms. The number of imidazole rings is 1. The predicted molar refractivity (Wildman–Crippen MR) is 135 cm³/mol. The van der Waals surface area contributed by atoms with Gasteiger partial charge < -0.3 is 14.7 Å². The van der Waals surface area contributed by atoms with E-state index in [0.717, 1.165) is 55.9 Å². The van der Waals surface area contributed by atoms with Gasteiger partial charge in [-0.3, -0.25) is 0 Å². The first-order chi connectivity index (χ1) is 16.2. The third-order valence-corrected chi connectivity index (χ3v) is 7.53. The predicted octanol–water partition coefficient (Wildman–Crippen LogP) is 6.40. The molecule has 4 rings (SSSR count). The van der Waals surface area contributed by atoms with Crippen molar-refractivity contribution < 1.29 is 4.74 Å². The number of piperidine rings is 1. The number of hydrogen-bond donors (Lipinski definition) is 1. The van der Waals surface area contributed by atoms with Gasteiger partial charge in [0, 0.05) is 25.7 Å². The summed E-state index contributed by atoms with van der Waals surface area (Å²) in [6, 6.07) is 0.474. The molecule has 2 aromatic rings. The van der Waals surface area contributed by atoms with Crippen LogP contribution in [0.25, 0.3) is 11.2 Å². The molecule has 2 aliphatic rings. The minimum Gasteiger partial charge on any atom is -0.378 e.